The summed E-state index contributed by atoms with van der Waals surface area (Å²) in [6, 6.07) is 14.2. The summed E-state index contributed by atoms with van der Waals surface area (Å²) < 4.78 is 32.8. The molecule has 9 heteroatoms. The van der Waals surface area contributed by atoms with Crippen molar-refractivity contribution < 1.29 is 33.0 Å². The van der Waals surface area contributed by atoms with E-state index < -0.39 is 48.8 Å². The summed E-state index contributed by atoms with van der Waals surface area (Å²) in [5.41, 5.74) is 4.45. The zero-order valence-corrected chi connectivity index (χ0v) is 18.2. The van der Waals surface area contributed by atoms with Crippen molar-refractivity contribution in [1.29, 1.82) is 0 Å². The standard InChI is InChI=1S/C25H24F2N2O5/c26-25(27)11-21(23(31)32)29(13-25)22(30)14-9-15(10-14)28-24(33)34-12-20-18-7-3-1-5-16(18)17-6-2-4-8-19(17)20/h1-8,14-15,20-21H,9-13H2,(H,28,33)(H,31,32). The van der Waals surface area contributed by atoms with Gasteiger partial charge in [0.1, 0.15) is 12.6 Å². The molecule has 2 aromatic carbocycles. The fraction of sp³-hybridized carbons (Fsp3) is 0.400. The number of alkyl halides is 2. The molecule has 3 aliphatic rings. The van der Waals surface area contributed by atoms with Crippen molar-refractivity contribution in [1.82, 2.24) is 10.2 Å². The molecule has 0 bridgehead atoms. The smallest absolute Gasteiger partial charge is 0.407 e. The minimum atomic E-state index is -3.21. The minimum absolute atomic E-state index is 0.0707. The second-order valence-corrected chi connectivity index (χ2v) is 9.22. The first-order chi connectivity index (χ1) is 16.2. The van der Waals surface area contributed by atoms with Crippen LogP contribution in [0.25, 0.3) is 11.1 Å². The molecular weight excluding hydrogens is 446 g/mol. The lowest BCUT2D eigenvalue weighted by atomic mass is 9.79. The van der Waals surface area contributed by atoms with Gasteiger partial charge in [0.25, 0.3) is 5.92 Å². The van der Waals surface area contributed by atoms with Gasteiger partial charge in [-0.05, 0) is 35.1 Å². The first kappa shape index (κ1) is 22.3. The third-order valence-electron chi connectivity index (χ3n) is 6.99. The van der Waals surface area contributed by atoms with Crippen molar-refractivity contribution in [2.75, 3.05) is 13.2 Å². The Morgan fingerprint density at radius 1 is 1.03 bits per heavy atom. The molecule has 0 aromatic heterocycles. The summed E-state index contributed by atoms with van der Waals surface area (Å²) >= 11 is 0. The van der Waals surface area contributed by atoms with E-state index >= 15 is 0 Å². The zero-order valence-electron chi connectivity index (χ0n) is 18.2. The number of amides is 2. The van der Waals surface area contributed by atoms with Crippen LogP contribution in [0, 0.1) is 5.92 Å². The third-order valence-corrected chi connectivity index (χ3v) is 6.99. The van der Waals surface area contributed by atoms with Crippen LogP contribution in [0.4, 0.5) is 13.6 Å². The quantitative estimate of drug-likeness (QED) is 0.696. The lowest BCUT2D eigenvalue weighted by molar-refractivity contribution is -0.151. The Kier molecular flexibility index (Phi) is 5.50. The Labute approximate surface area is 194 Å². The number of carbonyl (C=O) groups is 3. The van der Waals surface area contributed by atoms with E-state index in [1.54, 1.807) is 0 Å². The Morgan fingerprint density at radius 3 is 2.21 bits per heavy atom. The second-order valence-electron chi connectivity index (χ2n) is 9.22. The first-order valence-corrected chi connectivity index (χ1v) is 11.3. The van der Waals surface area contributed by atoms with Gasteiger partial charge in [0.2, 0.25) is 5.91 Å². The highest BCUT2D eigenvalue weighted by Crippen LogP contribution is 2.44. The van der Waals surface area contributed by atoms with E-state index in [2.05, 4.69) is 5.32 Å². The number of alkyl carbamates (subject to hydrolysis) is 1. The van der Waals surface area contributed by atoms with Crippen molar-refractivity contribution in [3.05, 3.63) is 59.7 Å². The van der Waals surface area contributed by atoms with Crippen molar-refractivity contribution in [2.45, 2.75) is 43.2 Å². The van der Waals surface area contributed by atoms with Crippen molar-refractivity contribution >= 4 is 18.0 Å². The van der Waals surface area contributed by atoms with Gasteiger partial charge in [0.15, 0.2) is 0 Å². The molecule has 1 heterocycles. The van der Waals surface area contributed by atoms with Crippen LogP contribution in [-0.2, 0) is 14.3 Å². The predicted octanol–water partition coefficient (Wildman–Crippen LogP) is 3.62. The number of carboxylic acid groups (broad SMARTS) is 1. The van der Waals surface area contributed by atoms with Crippen molar-refractivity contribution in [3.63, 3.8) is 0 Å². The highest BCUT2D eigenvalue weighted by Gasteiger charge is 2.52. The Bertz CT molecular complexity index is 1100. The molecule has 34 heavy (non-hydrogen) atoms. The summed E-state index contributed by atoms with van der Waals surface area (Å²) in [5.74, 6) is -5.90. The summed E-state index contributed by atoms with van der Waals surface area (Å²) in [5, 5.41) is 11.9. The Morgan fingerprint density at radius 2 is 1.62 bits per heavy atom. The van der Waals surface area contributed by atoms with Crippen LogP contribution >= 0.6 is 0 Å². The molecular formula is C25H24F2N2O5. The topological polar surface area (TPSA) is 95.9 Å². The van der Waals surface area contributed by atoms with E-state index in [0.29, 0.717) is 0 Å². The van der Waals surface area contributed by atoms with Crippen LogP contribution in [0.2, 0.25) is 0 Å². The number of halogens is 2. The molecule has 7 nitrogen and oxygen atoms in total. The van der Waals surface area contributed by atoms with Crippen LogP contribution < -0.4 is 5.32 Å². The number of hydrogen-bond acceptors (Lipinski definition) is 4. The highest BCUT2D eigenvalue weighted by molar-refractivity contribution is 5.87. The third kappa shape index (κ3) is 3.99. The molecule has 178 valence electrons. The Balaban J connectivity index is 1.14. The van der Waals surface area contributed by atoms with Crippen LogP contribution in [0.15, 0.2) is 48.5 Å². The van der Waals surface area contributed by atoms with Gasteiger partial charge in [-0.1, -0.05) is 48.5 Å². The number of ether oxygens (including phenoxy) is 1. The zero-order chi connectivity index (χ0) is 24.0. The van der Waals surface area contributed by atoms with Crippen molar-refractivity contribution in [2.24, 2.45) is 5.92 Å². The van der Waals surface area contributed by atoms with Crippen LogP contribution in [0.1, 0.15) is 36.3 Å². The molecule has 1 atom stereocenters. The average Bonchev–Trinajstić information content (AvgIpc) is 3.28. The maximum Gasteiger partial charge on any atom is 0.407 e. The van der Waals surface area contributed by atoms with E-state index in [1.807, 2.05) is 48.5 Å². The van der Waals surface area contributed by atoms with Gasteiger partial charge in [-0.25, -0.2) is 18.4 Å². The van der Waals surface area contributed by atoms with E-state index in [-0.39, 0.29) is 31.4 Å². The molecule has 0 radical (unpaired) electrons. The van der Waals surface area contributed by atoms with E-state index in [1.165, 1.54) is 0 Å². The Hall–Kier alpha value is -3.49. The molecule has 2 aromatic rings. The van der Waals surface area contributed by atoms with Gasteiger partial charge in [-0.2, -0.15) is 0 Å². The van der Waals surface area contributed by atoms with Gasteiger partial charge in [-0.15, -0.1) is 0 Å². The number of carbonyl (C=O) groups excluding carboxylic acids is 2. The number of fused-ring (bicyclic) bond motifs is 3. The lowest BCUT2D eigenvalue weighted by Gasteiger charge is -2.37. The van der Waals surface area contributed by atoms with E-state index in [4.69, 9.17) is 4.74 Å². The number of aliphatic carboxylic acids is 1. The number of benzene rings is 2. The van der Waals surface area contributed by atoms with Gasteiger partial charge in [-0.3, -0.25) is 4.79 Å². The van der Waals surface area contributed by atoms with E-state index in [0.717, 1.165) is 27.2 Å². The number of likely N-dealkylation sites (tertiary alicyclic amines) is 1. The van der Waals surface area contributed by atoms with Gasteiger partial charge >= 0.3 is 12.1 Å². The fourth-order valence-corrected chi connectivity index (χ4v) is 5.25. The summed E-state index contributed by atoms with van der Waals surface area (Å²) in [7, 11) is 0. The average molecular weight is 470 g/mol. The summed E-state index contributed by atoms with van der Waals surface area (Å²) in [6.45, 7) is -0.720. The number of hydrogen-bond donors (Lipinski definition) is 2. The second kappa shape index (κ2) is 8.38. The van der Waals surface area contributed by atoms with Crippen molar-refractivity contribution in [3.8, 4) is 11.1 Å². The van der Waals surface area contributed by atoms with E-state index in [9.17, 15) is 28.3 Å². The van der Waals surface area contributed by atoms with Crippen LogP contribution in [0.5, 0.6) is 0 Å². The minimum Gasteiger partial charge on any atom is -0.480 e. The number of rotatable bonds is 5. The summed E-state index contributed by atoms with van der Waals surface area (Å²) in [6.07, 6.45) is -0.953. The van der Waals surface area contributed by atoms with Gasteiger partial charge < -0.3 is 20.1 Å². The monoisotopic (exact) mass is 470 g/mol. The van der Waals surface area contributed by atoms with Crippen LogP contribution in [-0.4, -0.2) is 59.1 Å². The largest absolute Gasteiger partial charge is 0.480 e. The van der Waals surface area contributed by atoms with Crippen LogP contribution in [0.3, 0.4) is 0 Å². The highest BCUT2D eigenvalue weighted by atomic mass is 19.3. The normalized spacial score (nSPS) is 24.6. The number of carboxylic acids is 1. The maximum absolute atomic E-state index is 13.7. The molecule has 2 fully saturated rings. The molecule has 1 saturated heterocycles. The van der Waals surface area contributed by atoms with Gasteiger partial charge in [0.05, 0.1) is 6.54 Å². The molecule has 1 aliphatic heterocycles. The maximum atomic E-state index is 13.7. The lowest BCUT2D eigenvalue weighted by Crippen LogP contribution is -2.52. The predicted molar refractivity (Wildman–Crippen MR) is 117 cm³/mol. The number of nitrogens with zero attached hydrogens (tertiary/aromatic N) is 1. The molecule has 2 N–H and O–H groups in total. The molecule has 1 unspecified atom stereocenters. The molecule has 2 aliphatic carbocycles. The number of nitrogens with one attached hydrogen (secondary N) is 1. The SMILES string of the molecule is O=C(NC1CC(C(=O)N2CC(F)(F)CC2C(=O)O)C1)OCC1c2ccccc2-c2ccccc21. The molecule has 5 rings (SSSR count). The molecule has 0 spiro atoms. The molecule has 2 amide bonds. The first-order valence-electron chi connectivity index (χ1n) is 11.3. The summed E-state index contributed by atoms with van der Waals surface area (Å²) in [4.78, 5) is 37.0. The molecule has 1 saturated carbocycles. The van der Waals surface area contributed by atoms with Gasteiger partial charge in [0, 0.05) is 24.3 Å². The fourth-order valence-electron chi connectivity index (χ4n) is 5.25.